The van der Waals surface area contributed by atoms with Crippen LogP contribution in [-0.4, -0.2) is 6.04 Å². The Labute approximate surface area is 56.1 Å². The number of terminal acetylenes is 1. The number of rotatable bonds is 0. The first-order chi connectivity index (χ1) is 3.34. The molecular formula is C6H10ClN. The summed E-state index contributed by atoms with van der Waals surface area (Å²) >= 11 is 0. The molecule has 0 heterocycles. The van der Waals surface area contributed by atoms with Crippen molar-refractivity contribution in [1.29, 1.82) is 0 Å². The zero-order valence-electron chi connectivity index (χ0n) is 4.63. The monoisotopic (exact) mass is 131 g/mol. The standard InChI is InChI=1S/C6H9N.ClH/c1-2-5-3-4-6(5)7;/h1,5-6H,3-4,7H2;1H/t5-,6-;/m1./s1. The Bertz CT molecular complexity index is 106. The smallest absolute Gasteiger partial charge is 0.0352 e. The number of hydrogen-bond donors (Lipinski definition) is 1. The van der Waals surface area contributed by atoms with Crippen LogP contribution in [0.3, 0.4) is 0 Å². The van der Waals surface area contributed by atoms with Gasteiger partial charge in [-0.25, -0.2) is 0 Å². The summed E-state index contributed by atoms with van der Waals surface area (Å²) in [6, 6.07) is 0.310. The first-order valence-corrected chi connectivity index (χ1v) is 2.56. The fourth-order valence-electron chi connectivity index (χ4n) is 0.733. The van der Waals surface area contributed by atoms with Crippen LogP contribution in [0.1, 0.15) is 12.8 Å². The van der Waals surface area contributed by atoms with Crippen LogP contribution in [-0.2, 0) is 0 Å². The molecule has 2 atom stereocenters. The zero-order chi connectivity index (χ0) is 5.28. The van der Waals surface area contributed by atoms with E-state index in [0.29, 0.717) is 12.0 Å². The highest BCUT2D eigenvalue weighted by Crippen LogP contribution is 2.23. The van der Waals surface area contributed by atoms with Gasteiger partial charge in [0.1, 0.15) is 0 Å². The minimum absolute atomic E-state index is 0. The highest BCUT2D eigenvalue weighted by Gasteiger charge is 2.24. The van der Waals surface area contributed by atoms with Crippen LogP contribution in [0.15, 0.2) is 0 Å². The van der Waals surface area contributed by atoms with E-state index in [1.54, 1.807) is 0 Å². The quantitative estimate of drug-likeness (QED) is 0.483. The van der Waals surface area contributed by atoms with E-state index in [0.717, 1.165) is 12.8 Å². The molecule has 0 radical (unpaired) electrons. The number of halogens is 1. The molecule has 0 amide bonds. The largest absolute Gasteiger partial charge is 0.327 e. The molecule has 1 fully saturated rings. The summed E-state index contributed by atoms with van der Waals surface area (Å²) in [5.41, 5.74) is 5.49. The molecular weight excluding hydrogens is 122 g/mol. The van der Waals surface area contributed by atoms with Crippen LogP contribution in [0.2, 0.25) is 0 Å². The van der Waals surface area contributed by atoms with Crippen LogP contribution in [0.25, 0.3) is 0 Å². The lowest BCUT2D eigenvalue weighted by Gasteiger charge is -2.28. The molecule has 0 aromatic heterocycles. The summed E-state index contributed by atoms with van der Waals surface area (Å²) in [6.07, 6.45) is 7.35. The predicted octanol–water partition coefficient (Wildman–Crippen LogP) is 0.779. The maximum absolute atomic E-state index is 5.49. The highest BCUT2D eigenvalue weighted by atomic mass is 35.5. The molecule has 1 saturated carbocycles. The summed E-state index contributed by atoms with van der Waals surface area (Å²) in [5.74, 6) is 3.02. The molecule has 8 heavy (non-hydrogen) atoms. The fraction of sp³-hybridized carbons (Fsp3) is 0.667. The van der Waals surface area contributed by atoms with E-state index in [1.165, 1.54) is 0 Å². The minimum atomic E-state index is 0. The molecule has 0 aromatic rings. The fourth-order valence-corrected chi connectivity index (χ4v) is 0.733. The van der Waals surface area contributed by atoms with Crippen LogP contribution in [0, 0.1) is 18.3 Å². The van der Waals surface area contributed by atoms with Crippen molar-refractivity contribution in [2.24, 2.45) is 11.7 Å². The molecule has 2 N–H and O–H groups in total. The molecule has 2 heteroatoms. The van der Waals surface area contributed by atoms with Gasteiger partial charge in [0.25, 0.3) is 0 Å². The highest BCUT2D eigenvalue weighted by molar-refractivity contribution is 5.85. The SMILES string of the molecule is C#C[C@@H]1CC[C@H]1N.Cl. The van der Waals surface area contributed by atoms with Crippen molar-refractivity contribution in [3.05, 3.63) is 0 Å². The van der Waals surface area contributed by atoms with Crippen molar-refractivity contribution < 1.29 is 0 Å². The maximum Gasteiger partial charge on any atom is 0.0352 e. The summed E-state index contributed by atoms with van der Waals surface area (Å²) in [4.78, 5) is 0. The Morgan fingerprint density at radius 2 is 2.12 bits per heavy atom. The maximum atomic E-state index is 5.49. The molecule has 0 spiro atoms. The summed E-state index contributed by atoms with van der Waals surface area (Å²) in [5, 5.41) is 0. The zero-order valence-corrected chi connectivity index (χ0v) is 5.45. The van der Waals surface area contributed by atoms with Gasteiger partial charge in [0.15, 0.2) is 0 Å². The summed E-state index contributed by atoms with van der Waals surface area (Å²) in [7, 11) is 0. The Balaban J connectivity index is 0.000000490. The van der Waals surface area contributed by atoms with Gasteiger partial charge in [0, 0.05) is 12.0 Å². The average Bonchev–Trinajstić information content (AvgIpc) is 1.65. The van der Waals surface area contributed by atoms with E-state index in [9.17, 15) is 0 Å². The van der Waals surface area contributed by atoms with Crippen LogP contribution in [0.5, 0.6) is 0 Å². The normalized spacial score (nSPS) is 34.0. The molecule has 0 aliphatic heterocycles. The topological polar surface area (TPSA) is 26.0 Å². The second kappa shape index (κ2) is 2.96. The van der Waals surface area contributed by atoms with E-state index in [1.807, 2.05) is 0 Å². The van der Waals surface area contributed by atoms with Gasteiger partial charge in [-0.05, 0) is 12.8 Å². The van der Waals surface area contributed by atoms with E-state index in [4.69, 9.17) is 12.2 Å². The molecule has 0 bridgehead atoms. The van der Waals surface area contributed by atoms with Gasteiger partial charge in [-0.1, -0.05) is 0 Å². The van der Waals surface area contributed by atoms with Crippen LogP contribution >= 0.6 is 12.4 Å². The molecule has 0 unspecified atom stereocenters. The van der Waals surface area contributed by atoms with Crippen molar-refractivity contribution in [3.63, 3.8) is 0 Å². The Kier molecular flexibility index (Phi) is 2.89. The lowest BCUT2D eigenvalue weighted by Crippen LogP contribution is -2.38. The van der Waals surface area contributed by atoms with Gasteiger partial charge < -0.3 is 5.73 Å². The first-order valence-electron chi connectivity index (χ1n) is 2.56. The van der Waals surface area contributed by atoms with Crippen LogP contribution in [0.4, 0.5) is 0 Å². The lowest BCUT2D eigenvalue weighted by atomic mass is 9.81. The van der Waals surface area contributed by atoms with E-state index in [2.05, 4.69) is 5.92 Å². The van der Waals surface area contributed by atoms with Gasteiger partial charge in [0.05, 0.1) is 0 Å². The molecule has 0 saturated heterocycles. The third-order valence-corrected chi connectivity index (χ3v) is 1.54. The van der Waals surface area contributed by atoms with Gasteiger partial charge in [-0.15, -0.1) is 24.8 Å². The Morgan fingerprint density at radius 1 is 1.50 bits per heavy atom. The molecule has 46 valence electrons. The third kappa shape index (κ3) is 1.15. The summed E-state index contributed by atoms with van der Waals surface area (Å²) in [6.45, 7) is 0. The third-order valence-electron chi connectivity index (χ3n) is 1.54. The van der Waals surface area contributed by atoms with E-state index < -0.39 is 0 Å². The van der Waals surface area contributed by atoms with Gasteiger partial charge in [-0.2, -0.15) is 0 Å². The predicted molar refractivity (Wildman–Crippen MR) is 36.8 cm³/mol. The lowest BCUT2D eigenvalue weighted by molar-refractivity contribution is 0.329. The Morgan fingerprint density at radius 3 is 2.12 bits per heavy atom. The van der Waals surface area contributed by atoms with E-state index in [-0.39, 0.29) is 12.4 Å². The molecule has 0 aromatic carbocycles. The van der Waals surface area contributed by atoms with Crippen molar-refractivity contribution in [1.82, 2.24) is 0 Å². The second-order valence-corrected chi connectivity index (χ2v) is 2.01. The van der Waals surface area contributed by atoms with Gasteiger partial charge in [-0.3, -0.25) is 0 Å². The minimum Gasteiger partial charge on any atom is -0.327 e. The van der Waals surface area contributed by atoms with Crippen LogP contribution < -0.4 is 5.73 Å². The van der Waals surface area contributed by atoms with Gasteiger partial charge in [0.2, 0.25) is 0 Å². The van der Waals surface area contributed by atoms with E-state index >= 15 is 0 Å². The van der Waals surface area contributed by atoms with Gasteiger partial charge >= 0.3 is 0 Å². The first kappa shape index (κ1) is 7.81. The average molecular weight is 132 g/mol. The van der Waals surface area contributed by atoms with Crippen molar-refractivity contribution in [2.45, 2.75) is 18.9 Å². The van der Waals surface area contributed by atoms with Crippen molar-refractivity contribution in [2.75, 3.05) is 0 Å². The number of hydrogen-bond acceptors (Lipinski definition) is 1. The second-order valence-electron chi connectivity index (χ2n) is 2.01. The van der Waals surface area contributed by atoms with Crippen molar-refractivity contribution in [3.8, 4) is 12.3 Å². The number of nitrogens with two attached hydrogens (primary N) is 1. The molecule has 1 rings (SSSR count). The van der Waals surface area contributed by atoms with Crippen molar-refractivity contribution >= 4 is 12.4 Å². The Hall–Kier alpha value is -0.190. The molecule has 1 nitrogen and oxygen atoms in total. The summed E-state index contributed by atoms with van der Waals surface area (Å²) < 4.78 is 0. The molecule has 1 aliphatic carbocycles. The molecule has 1 aliphatic rings.